The summed E-state index contributed by atoms with van der Waals surface area (Å²) >= 11 is 0. The van der Waals surface area contributed by atoms with Crippen molar-refractivity contribution in [3.05, 3.63) is 87.0 Å². The van der Waals surface area contributed by atoms with Gasteiger partial charge in [-0.05, 0) is 77.4 Å². The molecule has 2 aromatic heterocycles. The second-order valence-electron chi connectivity index (χ2n) is 9.19. The number of benzene rings is 2. The number of fused-ring (bicyclic) bond motifs is 1. The van der Waals surface area contributed by atoms with Crippen LogP contribution in [0, 0.1) is 13.8 Å². The molecule has 0 amide bonds. The molecule has 4 aromatic rings. The van der Waals surface area contributed by atoms with Crippen LogP contribution in [0.15, 0.2) is 53.3 Å². The monoisotopic (exact) mass is 458 g/mol. The lowest BCUT2D eigenvalue weighted by molar-refractivity contribution is 0.0914. The number of nitrogens with zero attached hydrogens (tertiary/aromatic N) is 5. The second kappa shape index (κ2) is 9.87. The van der Waals surface area contributed by atoms with E-state index in [0.29, 0.717) is 26.2 Å². The number of aromatic nitrogens is 5. The van der Waals surface area contributed by atoms with Gasteiger partial charge in [-0.15, -0.1) is 5.10 Å². The van der Waals surface area contributed by atoms with Crippen LogP contribution in [-0.4, -0.2) is 42.8 Å². The van der Waals surface area contributed by atoms with Crippen LogP contribution >= 0.6 is 0 Å². The first-order valence-electron chi connectivity index (χ1n) is 11.8. The molecule has 0 saturated carbocycles. The molecule has 8 heteroatoms. The Hall–Kier alpha value is -3.36. The van der Waals surface area contributed by atoms with Gasteiger partial charge in [0.05, 0.1) is 19.2 Å². The van der Waals surface area contributed by atoms with Crippen LogP contribution in [0.2, 0.25) is 0 Å². The Morgan fingerprint density at radius 2 is 1.91 bits per heavy atom. The summed E-state index contributed by atoms with van der Waals surface area (Å²) in [5.41, 5.74) is 5.08. The number of pyridine rings is 1. The first kappa shape index (κ1) is 22.4. The van der Waals surface area contributed by atoms with Crippen LogP contribution in [0.5, 0.6) is 0 Å². The molecular formula is C26H30N6O2. The number of tetrazole rings is 1. The molecule has 5 rings (SSSR count). The first-order chi connectivity index (χ1) is 16.5. The topological polar surface area (TPSA) is 88.9 Å². The Morgan fingerprint density at radius 3 is 2.71 bits per heavy atom. The van der Waals surface area contributed by atoms with Crippen molar-refractivity contribution in [1.82, 2.24) is 30.1 Å². The molecule has 1 aliphatic heterocycles. The van der Waals surface area contributed by atoms with Crippen molar-refractivity contribution in [3.8, 4) is 0 Å². The molecule has 1 saturated heterocycles. The minimum absolute atomic E-state index is 0.0623. The maximum Gasteiger partial charge on any atom is 0.252 e. The lowest BCUT2D eigenvalue weighted by Gasteiger charge is -2.22. The van der Waals surface area contributed by atoms with E-state index in [1.54, 1.807) is 0 Å². The minimum Gasteiger partial charge on any atom is -0.376 e. The third-order valence-electron chi connectivity index (χ3n) is 6.55. The highest BCUT2D eigenvalue weighted by atomic mass is 16.5. The Balaban J connectivity index is 1.43. The number of ether oxygens (including phenoxy) is 1. The van der Waals surface area contributed by atoms with Crippen molar-refractivity contribution in [3.63, 3.8) is 0 Å². The van der Waals surface area contributed by atoms with Crippen molar-refractivity contribution in [2.24, 2.45) is 0 Å². The quantitative estimate of drug-likeness (QED) is 0.435. The van der Waals surface area contributed by atoms with E-state index in [-0.39, 0.29) is 11.7 Å². The van der Waals surface area contributed by atoms with E-state index in [1.165, 1.54) is 16.7 Å². The predicted octanol–water partition coefficient (Wildman–Crippen LogP) is 3.51. The van der Waals surface area contributed by atoms with Crippen LogP contribution in [0.4, 0.5) is 0 Å². The van der Waals surface area contributed by atoms with Crippen LogP contribution < -0.4 is 5.56 Å². The molecule has 1 fully saturated rings. The molecule has 1 atom stereocenters. The van der Waals surface area contributed by atoms with Crippen molar-refractivity contribution in [2.75, 3.05) is 6.61 Å². The van der Waals surface area contributed by atoms with Gasteiger partial charge in [0, 0.05) is 30.8 Å². The number of H-pyrrole nitrogens is 1. The Kier molecular flexibility index (Phi) is 6.51. The van der Waals surface area contributed by atoms with Gasteiger partial charge in [0.25, 0.3) is 5.56 Å². The van der Waals surface area contributed by atoms with Crippen LogP contribution in [0.3, 0.4) is 0 Å². The summed E-state index contributed by atoms with van der Waals surface area (Å²) in [5.74, 6) is 0.773. The van der Waals surface area contributed by atoms with Gasteiger partial charge in [-0.25, -0.2) is 4.68 Å². The van der Waals surface area contributed by atoms with Gasteiger partial charge in [-0.2, -0.15) is 0 Å². The molecule has 0 aliphatic carbocycles. The number of rotatable bonds is 8. The Morgan fingerprint density at radius 1 is 1.09 bits per heavy atom. The highest BCUT2D eigenvalue weighted by molar-refractivity contribution is 5.80. The van der Waals surface area contributed by atoms with E-state index in [4.69, 9.17) is 4.74 Å². The third-order valence-corrected chi connectivity index (χ3v) is 6.55. The standard InChI is InChI=1S/C26H30N6O2/c1-18-11-21-13-22(26(33)27-24(21)12-19(18)2)15-31(14-20-7-4-3-5-8-20)17-25-28-29-30-32(25)16-23-9-6-10-34-23/h3-5,7-8,11-13,23H,6,9-10,14-17H2,1-2H3,(H,27,33). The zero-order valence-corrected chi connectivity index (χ0v) is 19.7. The molecular weight excluding hydrogens is 428 g/mol. The van der Waals surface area contributed by atoms with Crippen LogP contribution in [0.25, 0.3) is 10.9 Å². The Bertz CT molecular complexity index is 1320. The third kappa shape index (κ3) is 5.08. The lowest BCUT2D eigenvalue weighted by Crippen LogP contribution is -2.29. The van der Waals surface area contributed by atoms with Crippen LogP contribution in [-0.2, 0) is 30.9 Å². The normalized spacial score (nSPS) is 16.0. The highest BCUT2D eigenvalue weighted by Gasteiger charge is 2.21. The van der Waals surface area contributed by atoms with Gasteiger partial charge in [-0.3, -0.25) is 9.69 Å². The van der Waals surface area contributed by atoms with E-state index in [2.05, 4.69) is 57.5 Å². The zero-order valence-electron chi connectivity index (χ0n) is 19.7. The minimum atomic E-state index is -0.0623. The summed E-state index contributed by atoms with van der Waals surface area (Å²) in [5, 5.41) is 13.5. The number of hydrogen-bond acceptors (Lipinski definition) is 6. The summed E-state index contributed by atoms with van der Waals surface area (Å²) in [6.45, 7) is 7.29. The van der Waals surface area contributed by atoms with Gasteiger partial charge in [-0.1, -0.05) is 30.3 Å². The Labute approximate surface area is 198 Å². The highest BCUT2D eigenvalue weighted by Crippen LogP contribution is 2.19. The van der Waals surface area contributed by atoms with E-state index in [9.17, 15) is 4.79 Å². The van der Waals surface area contributed by atoms with Crippen molar-refractivity contribution in [2.45, 2.75) is 59.0 Å². The van der Waals surface area contributed by atoms with Gasteiger partial charge in [0.1, 0.15) is 0 Å². The van der Waals surface area contributed by atoms with Crippen LogP contribution in [0.1, 0.15) is 40.9 Å². The summed E-state index contributed by atoms with van der Waals surface area (Å²) < 4.78 is 7.61. The fraction of sp³-hybridized carbons (Fsp3) is 0.385. The molecule has 1 aliphatic rings. The average molecular weight is 459 g/mol. The van der Waals surface area contributed by atoms with Gasteiger partial charge in [0.15, 0.2) is 5.82 Å². The van der Waals surface area contributed by atoms with Crippen molar-refractivity contribution in [1.29, 1.82) is 0 Å². The predicted molar refractivity (Wildman–Crippen MR) is 130 cm³/mol. The summed E-state index contributed by atoms with van der Waals surface area (Å²) in [6.07, 6.45) is 2.25. The smallest absolute Gasteiger partial charge is 0.252 e. The molecule has 0 spiro atoms. The molecule has 176 valence electrons. The van der Waals surface area contributed by atoms with Gasteiger partial charge < -0.3 is 9.72 Å². The van der Waals surface area contributed by atoms with E-state index < -0.39 is 0 Å². The maximum atomic E-state index is 13.0. The SMILES string of the molecule is Cc1cc2cc(CN(Cc3ccccc3)Cc3nnnn3CC3CCCO3)c(=O)[nH]c2cc1C. The summed E-state index contributed by atoms with van der Waals surface area (Å²) in [4.78, 5) is 18.3. The maximum absolute atomic E-state index is 13.0. The number of hydrogen-bond donors (Lipinski definition) is 1. The van der Waals surface area contributed by atoms with Gasteiger partial charge >= 0.3 is 0 Å². The lowest BCUT2D eigenvalue weighted by atomic mass is 10.0. The second-order valence-corrected chi connectivity index (χ2v) is 9.19. The summed E-state index contributed by atoms with van der Waals surface area (Å²) in [7, 11) is 0. The molecule has 0 bridgehead atoms. The zero-order chi connectivity index (χ0) is 23.5. The fourth-order valence-corrected chi connectivity index (χ4v) is 4.55. The van der Waals surface area contributed by atoms with E-state index in [0.717, 1.165) is 41.7 Å². The molecule has 0 radical (unpaired) electrons. The largest absolute Gasteiger partial charge is 0.376 e. The molecule has 8 nitrogen and oxygen atoms in total. The van der Waals surface area contributed by atoms with E-state index >= 15 is 0 Å². The summed E-state index contributed by atoms with van der Waals surface area (Å²) in [6, 6.07) is 16.4. The molecule has 2 aromatic carbocycles. The van der Waals surface area contributed by atoms with Crippen molar-refractivity contribution >= 4 is 10.9 Å². The average Bonchev–Trinajstić information content (AvgIpc) is 3.49. The van der Waals surface area contributed by atoms with E-state index in [1.807, 2.05) is 35.0 Å². The first-order valence-corrected chi connectivity index (χ1v) is 11.8. The molecule has 34 heavy (non-hydrogen) atoms. The molecule has 3 heterocycles. The number of aromatic amines is 1. The van der Waals surface area contributed by atoms with Gasteiger partial charge in [0.2, 0.25) is 0 Å². The number of nitrogens with one attached hydrogen (secondary N) is 1. The molecule has 1 N–H and O–H groups in total. The fourth-order valence-electron chi connectivity index (χ4n) is 4.55. The molecule has 1 unspecified atom stereocenters. The van der Waals surface area contributed by atoms with Crippen molar-refractivity contribution < 1.29 is 4.74 Å². The number of aryl methyl sites for hydroxylation is 2.